The van der Waals surface area contributed by atoms with E-state index in [2.05, 4.69) is 51.8 Å². The van der Waals surface area contributed by atoms with Crippen LogP contribution < -0.4 is 0 Å². The number of benzene rings is 1. The molecule has 3 heteroatoms. The monoisotopic (exact) mass is 376 g/mol. The Kier molecular flexibility index (Phi) is 7.50. The molecule has 0 spiro atoms. The highest BCUT2D eigenvalue weighted by Crippen LogP contribution is 2.32. The van der Waals surface area contributed by atoms with Crippen molar-refractivity contribution in [2.24, 2.45) is 0 Å². The van der Waals surface area contributed by atoms with Crippen LogP contribution in [-0.2, 0) is 0 Å². The standard InChI is InChI=1S/C15H22Br2O/c1-3-4-5-6-7-8-15(18)12-10-13(16)11(2)9-14(12)17/h9-10,15,18H,3-8H2,1-2H3. The molecule has 1 aromatic rings. The highest BCUT2D eigenvalue weighted by molar-refractivity contribution is 9.11. The minimum atomic E-state index is -0.363. The minimum absolute atomic E-state index is 0.363. The summed E-state index contributed by atoms with van der Waals surface area (Å²) >= 11 is 7.05. The maximum absolute atomic E-state index is 10.2. The van der Waals surface area contributed by atoms with Crippen molar-refractivity contribution in [2.45, 2.75) is 58.5 Å². The van der Waals surface area contributed by atoms with E-state index in [0.717, 1.165) is 27.4 Å². The lowest BCUT2D eigenvalue weighted by Crippen LogP contribution is -1.99. The van der Waals surface area contributed by atoms with Gasteiger partial charge in [0.25, 0.3) is 0 Å². The van der Waals surface area contributed by atoms with Crippen molar-refractivity contribution in [2.75, 3.05) is 0 Å². The molecule has 1 aromatic carbocycles. The highest BCUT2D eigenvalue weighted by Gasteiger charge is 2.12. The SMILES string of the molecule is CCCCCCCC(O)c1cc(Br)c(C)cc1Br. The predicted octanol–water partition coefficient (Wildman–Crippen LogP) is 5.91. The zero-order chi connectivity index (χ0) is 13.5. The van der Waals surface area contributed by atoms with Gasteiger partial charge in [-0.15, -0.1) is 0 Å². The number of aryl methyl sites for hydroxylation is 1. The molecule has 0 heterocycles. The summed E-state index contributed by atoms with van der Waals surface area (Å²) in [6, 6.07) is 4.08. The van der Waals surface area contributed by atoms with Crippen molar-refractivity contribution < 1.29 is 5.11 Å². The van der Waals surface area contributed by atoms with E-state index in [1.165, 1.54) is 31.2 Å². The van der Waals surface area contributed by atoms with E-state index >= 15 is 0 Å². The number of aliphatic hydroxyl groups excluding tert-OH is 1. The number of unbranched alkanes of at least 4 members (excludes halogenated alkanes) is 4. The Morgan fingerprint density at radius 1 is 1.06 bits per heavy atom. The van der Waals surface area contributed by atoms with Gasteiger partial charge in [-0.25, -0.2) is 0 Å². The maximum Gasteiger partial charge on any atom is 0.0801 e. The molecule has 0 fully saturated rings. The van der Waals surface area contributed by atoms with Crippen molar-refractivity contribution in [1.82, 2.24) is 0 Å². The normalized spacial score (nSPS) is 12.7. The van der Waals surface area contributed by atoms with Crippen LogP contribution in [0.3, 0.4) is 0 Å². The molecule has 0 amide bonds. The van der Waals surface area contributed by atoms with Crippen molar-refractivity contribution >= 4 is 31.9 Å². The van der Waals surface area contributed by atoms with Gasteiger partial charge in [-0.3, -0.25) is 0 Å². The van der Waals surface area contributed by atoms with Crippen LogP contribution in [0.1, 0.15) is 62.7 Å². The maximum atomic E-state index is 10.2. The van der Waals surface area contributed by atoms with Gasteiger partial charge in [0.15, 0.2) is 0 Å². The zero-order valence-electron chi connectivity index (χ0n) is 11.2. The van der Waals surface area contributed by atoms with Gasteiger partial charge in [-0.2, -0.15) is 0 Å². The topological polar surface area (TPSA) is 20.2 Å². The molecule has 1 nitrogen and oxygen atoms in total. The summed E-state index contributed by atoms with van der Waals surface area (Å²) in [6.45, 7) is 4.27. The third-order valence-electron chi connectivity index (χ3n) is 3.22. The summed E-state index contributed by atoms with van der Waals surface area (Å²) in [4.78, 5) is 0. The average Bonchev–Trinajstić information content (AvgIpc) is 2.33. The lowest BCUT2D eigenvalue weighted by Gasteiger charge is -2.14. The summed E-state index contributed by atoms with van der Waals surface area (Å²) < 4.78 is 2.06. The second-order valence-electron chi connectivity index (χ2n) is 4.84. The van der Waals surface area contributed by atoms with Gasteiger partial charge in [-0.1, -0.05) is 70.9 Å². The first-order chi connectivity index (χ1) is 8.56. The zero-order valence-corrected chi connectivity index (χ0v) is 14.3. The quantitative estimate of drug-likeness (QED) is 0.585. The van der Waals surface area contributed by atoms with Crippen molar-refractivity contribution in [3.63, 3.8) is 0 Å². The smallest absolute Gasteiger partial charge is 0.0801 e. The van der Waals surface area contributed by atoms with Crippen LogP contribution in [-0.4, -0.2) is 5.11 Å². The van der Waals surface area contributed by atoms with Gasteiger partial charge in [0.1, 0.15) is 0 Å². The van der Waals surface area contributed by atoms with E-state index in [9.17, 15) is 5.11 Å². The molecule has 0 saturated heterocycles. The van der Waals surface area contributed by atoms with Gasteiger partial charge < -0.3 is 5.11 Å². The Morgan fingerprint density at radius 2 is 1.72 bits per heavy atom. The van der Waals surface area contributed by atoms with Crippen LogP contribution in [0.4, 0.5) is 0 Å². The van der Waals surface area contributed by atoms with Crippen LogP contribution in [0.5, 0.6) is 0 Å². The summed E-state index contributed by atoms with van der Waals surface area (Å²) in [5.41, 5.74) is 2.17. The van der Waals surface area contributed by atoms with E-state index in [0.29, 0.717) is 0 Å². The second-order valence-corrected chi connectivity index (χ2v) is 6.55. The van der Waals surface area contributed by atoms with Crippen molar-refractivity contribution in [1.29, 1.82) is 0 Å². The van der Waals surface area contributed by atoms with Crippen molar-refractivity contribution in [3.05, 3.63) is 32.2 Å². The molecule has 1 rings (SSSR count). The fraction of sp³-hybridized carbons (Fsp3) is 0.600. The molecule has 102 valence electrons. The minimum Gasteiger partial charge on any atom is -0.388 e. The fourth-order valence-corrected chi connectivity index (χ4v) is 3.10. The Balaban J connectivity index is 2.51. The van der Waals surface area contributed by atoms with Crippen LogP contribution in [0.15, 0.2) is 21.1 Å². The molecule has 0 aliphatic carbocycles. The number of hydrogen-bond acceptors (Lipinski definition) is 1. The number of aliphatic hydroxyl groups is 1. The van der Waals surface area contributed by atoms with Gasteiger partial charge in [0.2, 0.25) is 0 Å². The molecular formula is C15H22Br2O. The first-order valence-corrected chi connectivity index (χ1v) is 8.28. The second kappa shape index (κ2) is 8.34. The van der Waals surface area contributed by atoms with E-state index < -0.39 is 0 Å². The Bertz CT molecular complexity index is 377. The fourth-order valence-electron chi connectivity index (χ4n) is 2.01. The molecule has 0 radical (unpaired) electrons. The molecule has 0 aliphatic rings. The van der Waals surface area contributed by atoms with E-state index in [4.69, 9.17) is 0 Å². The van der Waals surface area contributed by atoms with E-state index in [1.807, 2.05) is 6.07 Å². The van der Waals surface area contributed by atoms with Crippen LogP contribution in [0, 0.1) is 6.92 Å². The van der Waals surface area contributed by atoms with E-state index in [1.54, 1.807) is 0 Å². The first kappa shape index (κ1) is 16.2. The lowest BCUT2D eigenvalue weighted by atomic mass is 10.0. The van der Waals surface area contributed by atoms with Crippen molar-refractivity contribution in [3.8, 4) is 0 Å². The molecule has 18 heavy (non-hydrogen) atoms. The summed E-state index contributed by atoms with van der Waals surface area (Å²) in [7, 11) is 0. The molecule has 0 aromatic heterocycles. The molecule has 1 N–H and O–H groups in total. The molecule has 0 saturated carbocycles. The van der Waals surface area contributed by atoms with Crippen LogP contribution >= 0.6 is 31.9 Å². The van der Waals surface area contributed by atoms with Gasteiger partial charge in [-0.05, 0) is 36.6 Å². The van der Waals surface area contributed by atoms with Gasteiger partial charge in [0, 0.05) is 8.95 Å². The Morgan fingerprint density at radius 3 is 2.39 bits per heavy atom. The molecular weight excluding hydrogens is 356 g/mol. The van der Waals surface area contributed by atoms with E-state index in [-0.39, 0.29) is 6.10 Å². The largest absolute Gasteiger partial charge is 0.388 e. The Labute approximate surface area is 127 Å². The molecule has 0 aliphatic heterocycles. The summed E-state index contributed by atoms with van der Waals surface area (Å²) in [6.07, 6.45) is 6.64. The predicted molar refractivity (Wildman–Crippen MR) is 84.9 cm³/mol. The number of rotatable bonds is 7. The Hall–Kier alpha value is 0.140. The third-order valence-corrected chi connectivity index (χ3v) is 4.76. The van der Waals surface area contributed by atoms with Gasteiger partial charge in [0.05, 0.1) is 6.10 Å². The highest BCUT2D eigenvalue weighted by atomic mass is 79.9. The van der Waals surface area contributed by atoms with Gasteiger partial charge >= 0.3 is 0 Å². The van der Waals surface area contributed by atoms with Crippen LogP contribution in [0.25, 0.3) is 0 Å². The first-order valence-electron chi connectivity index (χ1n) is 6.69. The summed E-state index contributed by atoms with van der Waals surface area (Å²) in [5.74, 6) is 0. The molecule has 1 unspecified atom stereocenters. The molecule has 0 bridgehead atoms. The third kappa shape index (κ3) is 5.02. The molecule has 1 atom stereocenters. The summed E-state index contributed by atoms with van der Waals surface area (Å²) in [5, 5.41) is 10.2. The van der Waals surface area contributed by atoms with Crippen LogP contribution in [0.2, 0.25) is 0 Å². The number of hydrogen-bond donors (Lipinski definition) is 1. The lowest BCUT2D eigenvalue weighted by molar-refractivity contribution is 0.162. The number of halogens is 2. The average molecular weight is 378 g/mol.